The Labute approximate surface area is 818 Å². The van der Waals surface area contributed by atoms with Crippen LogP contribution in [0.2, 0.25) is 0 Å². The van der Waals surface area contributed by atoms with Crippen molar-refractivity contribution >= 4 is 65.4 Å². The number of fused-ring (bicyclic) bond motifs is 15. The first-order chi connectivity index (χ1) is 69.4. The van der Waals surface area contributed by atoms with Crippen LogP contribution in [0.3, 0.4) is 0 Å². The first-order valence-electron chi connectivity index (χ1n) is 48.3. The summed E-state index contributed by atoms with van der Waals surface area (Å²) in [6, 6.07) is 175. The van der Waals surface area contributed by atoms with Crippen molar-refractivity contribution in [2.45, 2.75) is 38.5 Å². The number of hydrogen-bond acceptors (Lipinski definition) is 6. The molecule has 9 heteroatoms. The quantitative estimate of drug-likeness (QED) is 0.108. The largest absolute Gasteiger partial charge is 0.309 e. The summed E-state index contributed by atoms with van der Waals surface area (Å²) in [4.78, 5) is 29.8. The van der Waals surface area contributed by atoms with E-state index < -0.39 is 0 Å². The molecule has 0 unspecified atom stereocenters. The number of para-hydroxylation sites is 4. The first kappa shape index (κ1) is 84.6. The first-order valence-corrected chi connectivity index (χ1v) is 48.3. The summed E-state index contributed by atoms with van der Waals surface area (Å²) in [5.74, 6) is 3.91. The van der Waals surface area contributed by atoms with E-state index in [4.69, 9.17) is 29.9 Å². The molecule has 0 aliphatic heterocycles. The second kappa shape index (κ2) is 35.2. The van der Waals surface area contributed by atoms with E-state index in [1.165, 1.54) is 138 Å². The van der Waals surface area contributed by atoms with Gasteiger partial charge >= 0.3 is 0 Å². The van der Waals surface area contributed by atoms with E-state index in [1.807, 2.05) is 133 Å². The van der Waals surface area contributed by atoms with Crippen molar-refractivity contribution < 1.29 is 0 Å². The molecule has 0 amide bonds. The lowest BCUT2D eigenvalue weighted by Crippen LogP contribution is -2.16. The van der Waals surface area contributed by atoms with Gasteiger partial charge in [-0.3, -0.25) is 0 Å². The standard InChI is InChI=1S/C54H41N.2C39H26N4/c1-53(2)47-22-10-8-16-39(47)45-32-36(26-30-48(45)53)37-27-31-49-46(33-37)42-19-12-18-41(51(42)54(49,3)4)44-21-13-20-43-40-17-9-11-23-50(40)55(52(43)44)38-28-24-35(25-29-38)34-14-6-5-7-15-34;1-4-13-27(14-5-1)28-23-25-31(26-24-28)43-34-21-11-10-19-32(34)36-33(20-12-22-35(36)43)39-41-37(29-15-6-2-7-16-29)40-38(42-39)30-17-8-3-9-18-30;1-4-12-27(13-5-1)28-20-23-32(24-21-28)43-35-19-11-10-18-33(35)34-25-22-31(26-36(34)43)39-41-37(29-14-6-2-7-15-29)40-38(42-39)30-16-8-3-9-17-30/h5-33H,1-4H3;2*1-26H. The van der Waals surface area contributed by atoms with E-state index >= 15 is 0 Å². The van der Waals surface area contributed by atoms with Gasteiger partial charge in [-0.25, -0.2) is 29.9 Å². The lowest BCUT2D eigenvalue weighted by Gasteiger charge is -2.25. The second-order valence-corrected chi connectivity index (χ2v) is 37.6. The maximum Gasteiger partial charge on any atom is 0.164 e. The zero-order valence-corrected chi connectivity index (χ0v) is 78.3. The monoisotopic (exact) mass is 1800 g/mol. The maximum atomic E-state index is 5.05. The van der Waals surface area contributed by atoms with Crippen LogP contribution < -0.4 is 0 Å². The van der Waals surface area contributed by atoms with Crippen LogP contribution in [0.5, 0.6) is 0 Å². The Morgan fingerprint density at radius 2 is 0.454 bits per heavy atom. The number of nitrogens with zero attached hydrogens (tertiary/aromatic N) is 9. The summed E-state index contributed by atoms with van der Waals surface area (Å²) >= 11 is 0. The summed E-state index contributed by atoms with van der Waals surface area (Å²) in [5.41, 5.74) is 39.2. The average Bonchev–Trinajstić information content (AvgIpc) is 1.55. The molecule has 666 valence electrons. The predicted molar refractivity (Wildman–Crippen MR) is 584 cm³/mol. The van der Waals surface area contributed by atoms with Crippen LogP contribution in [0, 0.1) is 0 Å². The van der Waals surface area contributed by atoms with E-state index in [0.29, 0.717) is 34.9 Å². The highest BCUT2D eigenvalue weighted by atomic mass is 15.1. The molecule has 0 saturated carbocycles. The van der Waals surface area contributed by atoms with Crippen LogP contribution in [0.1, 0.15) is 49.9 Å². The molecule has 20 aromatic carbocycles. The highest BCUT2D eigenvalue weighted by Crippen LogP contribution is 2.56. The fraction of sp³-hybridized carbons (Fsp3) is 0.0455. The van der Waals surface area contributed by atoms with Crippen LogP contribution >= 0.6 is 0 Å². The molecule has 27 rings (SSSR count). The number of hydrogen-bond donors (Lipinski definition) is 0. The molecule has 0 spiro atoms. The third-order valence-corrected chi connectivity index (χ3v) is 28.5. The second-order valence-electron chi connectivity index (χ2n) is 37.6. The number of aromatic nitrogens is 9. The molecular weight excluding hydrogens is 1710 g/mol. The van der Waals surface area contributed by atoms with Gasteiger partial charge in [0.2, 0.25) is 0 Å². The molecule has 0 bridgehead atoms. The normalized spacial score (nSPS) is 12.5. The molecular formula is C132H93N9. The van der Waals surface area contributed by atoms with Crippen molar-refractivity contribution in [3.8, 4) is 163 Å². The lowest BCUT2D eigenvalue weighted by molar-refractivity contribution is 0.660. The molecule has 5 aromatic heterocycles. The summed E-state index contributed by atoms with van der Waals surface area (Å²) < 4.78 is 7.15. The zero-order chi connectivity index (χ0) is 94.2. The SMILES string of the molecule is CC1(C)c2ccccc2-c2cc(-c3ccc4c(c3)-c3cccc(-c5cccc6c7ccccc7n(-c7ccc(-c8ccccc8)cc7)c56)c3C4(C)C)ccc21.c1ccc(-c2ccc(-n3c4ccccc4c4c(-c5nc(-c6ccccc6)nc(-c6ccccc6)n5)cccc43)cc2)cc1.c1ccc(-c2ccc(-n3c4ccccc4c4ccc(-c5nc(-c6ccccc6)nc(-c6ccccc6)n5)cc43)cc2)cc1. The fourth-order valence-corrected chi connectivity index (χ4v) is 21.7. The van der Waals surface area contributed by atoms with Crippen molar-refractivity contribution in [2.75, 3.05) is 0 Å². The smallest absolute Gasteiger partial charge is 0.164 e. The summed E-state index contributed by atoms with van der Waals surface area (Å²) in [7, 11) is 0. The molecule has 2 aliphatic carbocycles. The van der Waals surface area contributed by atoms with Crippen LogP contribution in [-0.4, -0.2) is 43.6 Å². The average molecular weight is 1810 g/mol. The minimum Gasteiger partial charge on any atom is -0.309 e. The molecule has 0 N–H and O–H groups in total. The molecule has 5 heterocycles. The van der Waals surface area contributed by atoms with E-state index in [1.54, 1.807) is 0 Å². The molecule has 0 atom stereocenters. The Hall–Kier alpha value is -18.2. The third-order valence-electron chi connectivity index (χ3n) is 28.5. The molecule has 141 heavy (non-hydrogen) atoms. The van der Waals surface area contributed by atoms with Crippen LogP contribution in [0.25, 0.3) is 229 Å². The van der Waals surface area contributed by atoms with Crippen molar-refractivity contribution in [2.24, 2.45) is 0 Å². The predicted octanol–water partition coefficient (Wildman–Crippen LogP) is 33.7. The highest BCUT2D eigenvalue weighted by molar-refractivity contribution is 6.17. The van der Waals surface area contributed by atoms with Gasteiger partial charge in [0.05, 0.1) is 33.1 Å². The van der Waals surface area contributed by atoms with Gasteiger partial charge in [0, 0.05) is 99.2 Å². The van der Waals surface area contributed by atoms with Crippen LogP contribution in [0.4, 0.5) is 0 Å². The van der Waals surface area contributed by atoms with E-state index in [0.717, 1.165) is 77.6 Å². The Morgan fingerprint density at radius 3 is 0.943 bits per heavy atom. The van der Waals surface area contributed by atoms with Gasteiger partial charge in [0.25, 0.3) is 0 Å². The zero-order valence-electron chi connectivity index (χ0n) is 78.3. The topological polar surface area (TPSA) is 92.1 Å². The number of rotatable bonds is 14. The third kappa shape index (κ3) is 15.1. The molecule has 2 aliphatic rings. The molecule has 0 saturated heterocycles. The van der Waals surface area contributed by atoms with Gasteiger partial charge in [-0.15, -0.1) is 0 Å². The summed E-state index contributed by atoms with van der Waals surface area (Å²) in [5, 5.41) is 7.22. The summed E-state index contributed by atoms with van der Waals surface area (Å²) in [6.07, 6.45) is 0. The minimum absolute atomic E-state index is 0.00192. The van der Waals surface area contributed by atoms with Gasteiger partial charge in [-0.2, -0.15) is 0 Å². The molecule has 9 nitrogen and oxygen atoms in total. The maximum absolute atomic E-state index is 5.05. The van der Waals surface area contributed by atoms with Crippen molar-refractivity contribution in [1.29, 1.82) is 0 Å². The van der Waals surface area contributed by atoms with Gasteiger partial charge < -0.3 is 13.7 Å². The van der Waals surface area contributed by atoms with E-state index in [9.17, 15) is 0 Å². The Kier molecular flexibility index (Phi) is 21.1. The molecule has 0 radical (unpaired) electrons. The Balaban J connectivity index is 0.000000113. The summed E-state index contributed by atoms with van der Waals surface area (Å²) in [6.45, 7) is 9.52. The van der Waals surface area contributed by atoms with Gasteiger partial charge in [-0.05, 0) is 173 Å². The fourth-order valence-electron chi connectivity index (χ4n) is 21.7. The number of benzene rings is 20. The Bertz CT molecular complexity index is 8890. The molecule has 25 aromatic rings. The van der Waals surface area contributed by atoms with Gasteiger partial charge in [-0.1, -0.05) is 440 Å². The lowest BCUT2D eigenvalue weighted by atomic mass is 9.78. The minimum atomic E-state index is -0.184. The van der Waals surface area contributed by atoms with Crippen molar-refractivity contribution in [3.63, 3.8) is 0 Å². The van der Waals surface area contributed by atoms with Crippen LogP contribution in [0.15, 0.2) is 491 Å². The Morgan fingerprint density at radius 1 is 0.163 bits per heavy atom. The van der Waals surface area contributed by atoms with Crippen molar-refractivity contribution in [1.82, 2.24) is 43.6 Å². The van der Waals surface area contributed by atoms with E-state index in [-0.39, 0.29) is 10.8 Å². The van der Waals surface area contributed by atoms with Crippen LogP contribution in [-0.2, 0) is 10.8 Å². The van der Waals surface area contributed by atoms with Gasteiger partial charge in [0.15, 0.2) is 34.9 Å². The van der Waals surface area contributed by atoms with Gasteiger partial charge in [0.1, 0.15) is 0 Å². The van der Waals surface area contributed by atoms with Crippen molar-refractivity contribution in [3.05, 3.63) is 514 Å². The molecule has 0 fully saturated rings. The van der Waals surface area contributed by atoms with E-state index in [2.05, 4.69) is 399 Å². The highest BCUT2D eigenvalue weighted by Gasteiger charge is 2.40.